The summed E-state index contributed by atoms with van der Waals surface area (Å²) in [4.78, 5) is 25.8. The lowest BCUT2D eigenvalue weighted by atomic mass is 10.0. The highest BCUT2D eigenvalue weighted by Crippen LogP contribution is 2.30. The van der Waals surface area contributed by atoms with Crippen molar-refractivity contribution >= 4 is 41.0 Å². The number of nitrogens with zero attached hydrogens (tertiary/aromatic N) is 4. The number of carbonyl (C=O) groups excluding carboxylic acids is 1. The number of anilines is 3. The summed E-state index contributed by atoms with van der Waals surface area (Å²) in [5, 5.41) is 11.6. The lowest BCUT2D eigenvalue weighted by Crippen LogP contribution is -2.41. The maximum absolute atomic E-state index is 14.9. The number of aliphatic imine (C=N–C) groups is 1. The van der Waals surface area contributed by atoms with Gasteiger partial charge in [-0.2, -0.15) is 4.39 Å². The summed E-state index contributed by atoms with van der Waals surface area (Å²) in [6.45, 7) is 2.89. The first kappa shape index (κ1) is 29.6. The van der Waals surface area contributed by atoms with Gasteiger partial charge in [0.15, 0.2) is 11.6 Å². The average molecular weight is 580 g/mol. The molecule has 1 atom stereocenters. The zero-order chi connectivity index (χ0) is 30.6. The molecule has 13 heteroatoms. The third kappa shape index (κ3) is 5.75. The van der Waals surface area contributed by atoms with Gasteiger partial charge in [0.25, 0.3) is 0 Å². The molecule has 1 amide bonds. The summed E-state index contributed by atoms with van der Waals surface area (Å²) >= 11 is 0. The number of amidine groups is 1. The van der Waals surface area contributed by atoms with E-state index in [0.29, 0.717) is 12.1 Å². The zero-order valence-corrected chi connectivity index (χ0v) is 22.6. The Morgan fingerprint density at radius 1 is 1.05 bits per heavy atom. The van der Waals surface area contributed by atoms with E-state index in [1.807, 2.05) is 0 Å². The maximum Gasteiger partial charge on any atom is 0.219 e. The van der Waals surface area contributed by atoms with E-state index in [1.165, 1.54) is 14.0 Å². The molecule has 0 fully saturated rings. The van der Waals surface area contributed by atoms with Gasteiger partial charge in [-0.25, -0.2) is 28.1 Å². The number of nitrogens with two attached hydrogens (primary N) is 1. The Labute approximate surface area is 238 Å². The summed E-state index contributed by atoms with van der Waals surface area (Å²) in [5.41, 5.74) is 4.80. The summed E-state index contributed by atoms with van der Waals surface area (Å²) in [6, 6.07) is 11.5. The van der Waals surface area contributed by atoms with Crippen molar-refractivity contribution in [3.05, 3.63) is 101 Å². The molecule has 0 saturated carbocycles. The standard InChI is InChI=1S/C29H25F4N7O2/c1-15-19(30)10-11-20(31)26(15)39-29(40(14-41)17-7-5-4-6-8-17)16(2)38-28-22(27(35)36-13-37-28)25(34)18-9-12-21(42-3)24(33)23(18)32/h4-14,16,34H,1-3H3,(H3,35,36,37,38). The molecule has 9 nitrogen and oxygen atoms in total. The van der Waals surface area contributed by atoms with Gasteiger partial charge in [-0.05, 0) is 50.2 Å². The maximum atomic E-state index is 14.9. The van der Waals surface area contributed by atoms with Gasteiger partial charge in [-0.1, -0.05) is 18.2 Å². The summed E-state index contributed by atoms with van der Waals surface area (Å²) in [7, 11) is 1.17. The summed E-state index contributed by atoms with van der Waals surface area (Å²) in [6.07, 6.45) is 1.53. The number of carbonyl (C=O) groups is 1. The van der Waals surface area contributed by atoms with Gasteiger partial charge in [0.1, 0.15) is 41.1 Å². The lowest BCUT2D eigenvalue weighted by Gasteiger charge is -2.26. The van der Waals surface area contributed by atoms with E-state index in [2.05, 4.69) is 20.3 Å². The number of nitrogens with one attached hydrogen (secondary N) is 2. The van der Waals surface area contributed by atoms with Crippen molar-refractivity contribution in [3.63, 3.8) is 0 Å². The van der Waals surface area contributed by atoms with Crippen molar-refractivity contribution in [2.75, 3.05) is 23.1 Å². The molecule has 4 N–H and O–H groups in total. The molecule has 4 aromatic rings. The fourth-order valence-corrected chi connectivity index (χ4v) is 4.13. The Bertz CT molecular complexity index is 1680. The molecular formula is C29H25F4N7O2. The second-order valence-corrected chi connectivity index (χ2v) is 8.95. The average Bonchev–Trinajstić information content (AvgIpc) is 2.98. The van der Waals surface area contributed by atoms with Crippen LogP contribution in [0.1, 0.15) is 23.6 Å². The van der Waals surface area contributed by atoms with E-state index in [4.69, 9.17) is 15.9 Å². The van der Waals surface area contributed by atoms with Crippen LogP contribution in [0.15, 0.2) is 65.9 Å². The minimum absolute atomic E-state index is 0.0832. The highest BCUT2D eigenvalue weighted by molar-refractivity contribution is 6.17. The first-order valence-electron chi connectivity index (χ1n) is 12.4. The third-order valence-corrected chi connectivity index (χ3v) is 6.33. The lowest BCUT2D eigenvalue weighted by molar-refractivity contribution is -0.106. The van der Waals surface area contributed by atoms with E-state index in [1.54, 1.807) is 37.3 Å². The van der Waals surface area contributed by atoms with Crippen LogP contribution in [0, 0.1) is 35.6 Å². The quantitative estimate of drug-likeness (QED) is 0.103. The summed E-state index contributed by atoms with van der Waals surface area (Å²) in [5.74, 6) is -4.96. The topological polar surface area (TPSA) is 130 Å². The van der Waals surface area contributed by atoms with Crippen molar-refractivity contribution in [1.29, 1.82) is 5.41 Å². The van der Waals surface area contributed by atoms with Crippen LogP contribution < -0.4 is 20.7 Å². The number of nitrogen functional groups attached to an aromatic ring is 1. The number of benzene rings is 3. The number of para-hydroxylation sites is 1. The van der Waals surface area contributed by atoms with Gasteiger partial charge < -0.3 is 15.8 Å². The molecule has 0 saturated heterocycles. The summed E-state index contributed by atoms with van der Waals surface area (Å²) < 4.78 is 63.4. The number of hydrogen-bond acceptors (Lipinski definition) is 8. The molecule has 3 aromatic carbocycles. The molecule has 0 spiro atoms. The molecule has 1 heterocycles. The first-order chi connectivity index (χ1) is 20.1. The number of rotatable bonds is 9. The van der Waals surface area contributed by atoms with Crippen LogP contribution in [-0.2, 0) is 4.79 Å². The molecule has 1 aromatic heterocycles. The Balaban J connectivity index is 1.83. The normalized spacial score (nSPS) is 12.0. The molecule has 0 aliphatic rings. The number of aromatic nitrogens is 2. The SMILES string of the molecule is COc1ccc(C(=N)c2c(N)ncnc2NC(C)C(=Nc2c(F)ccc(F)c2C)N(C=O)c2ccccc2)c(F)c1F. The molecular weight excluding hydrogens is 554 g/mol. The second kappa shape index (κ2) is 12.5. The third-order valence-electron chi connectivity index (χ3n) is 6.33. The van der Waals surface area contributed by atoms with E-state index < -0.39 is 40.6 Å². The van der Waals surface area contributed by atoms with E-state index >= 15 is 0 Å². The van der Waals surface area contributed by atoms with Gasteiger partial charge in [-0.15, -0.1) is 0 Å². The minimum atomic E-state index is -1.35. The molecule has 42 heavy (non-hydrogen) atoms. The minimum Gasteiger partial charge on any atom is -0.494 e. The molecule has 0 aliphatic heterocycles. The number of hydrogen-bond donors (Lipinski definition) is 3. The van der Waals surface area contributed by atoms with Crippen LogP contribution in [0.4, 0.5) is 40.6 Å². The highest BCUT2D eigenvalue weighted by Gasteiger charge is 2.27. The van der Waals surface area contributed by atoms with Crippen LogP contribution in [0.5, 0.6) is 5.75 Å². The van der Waals surface area contributed by atoms with Crippen molar-refractivity contribution < 1.29 is 27.1 Å². The van der Waals surface area contributed by atoms with E-state index in [-0.39, 0.29) is 40.0 Å². The Morgan fingerprint density at radius 3 is 2.40 bits per heavy atom. The van der Waals surface area contributed by atoms with Crippen molar-refractivity contribution in [1.82, 2.24) is 9.97 Å². The number of methoxy groups -OCH3 is 1. The predicted octanol–water partition coefficient (Wildman–Crippen LogP) is 5.54. The van der Waals surface area contributed by atoms with Crippen molar-refractivity contribution in [2.45, 2.75) is 19.9 Å². The smallest absolute Gasteiger partial charge is 0.219 e. The van der Waals surface area contributed by atoms with Gasteiger partial charge in [0.05, 0.1) is 24.4 Å². The highest BCUT2D eigenvalue weighted by atomic mass is 19.2. The van der Waals surface area contributed by atoms with Crippen molar-refractivity contribution in [3.8, 4) is 5.75 Å². The first-order valence-corrected chi connectivity index (χ1v) is 12.4. The van der Waals surface area contributed by atoms with Gasteiger partial charge in [0, 0.05) is 16.8 Å². The molecule has 0 radical (unpaired) electrons. The van der Waals surface area contributed by atoms with E-state index in [0.717, 1.165) is 35.5 Å². The van der Waals surface area contributed by atoms with Crippen LogP contribution in [0.3, 0.4) is 0 Å². The number of amides is 1. The monoisotopic (exact) mass is 579 g/mol. The van der Waals surface area contributed by atoms with Gasteiger partial charge in [0.2, 0.25) is 12.2 Å². The molecule has 216 valence electrons. The predicted molar refractivity (Wildman–Crippen MR) is 152 cm³/mol. The Morgan fingerprint density at radius 2 is 1.74 bits per heavy atom. The number of halogens is 4. The largest absolute Gasteiger partial charge is 0.494 e. The second-order valence-electron chi connectivity index (χ2n) is 8.95. The molecule has 0 aliphatic carbocycles. The fourth-order valence-electron chi connectivity index (χ4n) is 4.13. The Hall–Kier alpha value is -5.33. The van der Waals surface area contributed by atoms with Crippen LogP contribution in [0.25, 0.3) is 0 Å². The fraction of sp³-hybridized carbons (Fsp3) is 0.138. The Kier molecular flexibility index (Phi) is 8.79. The number of ether oxygens (including phenoxy) is 1. The molecule has 1 unspecified atom stereocenters. The molecule has 4 rings (SSSR count). The van der Waals surface area contributed by atoms with Crippen LogP contribution in [-0.4, -0.2) is 41.1 Å². The zero-order valence-electron chi connectivity index (χ0n) is 22.6. The van der Waals surface area contributed by atoms with Crippen LogP contribution >= 0.6 is 0 Å². The van der Waals surface area contributed by atoms with E-state index in [9.17, 15) is 22.4 Å². The molecule has 0 bridgehead atoms. The van der Waals surface area contributed by atoms with Gasteiger partial charge >= 0.3 is 0 Å². The van der Waals surface area contributed by atoms with Crippen LogP contribution in [0.2, 0.25) is 0 Å². The van der Waals surface area contributed by atoms with Crippen molar-refractivity contribution in [2.24, 2.45) is 4.99 Å². The van der Waals surface area contributed by atoms with Gasteiger partial charge in [-0.3, -0.25) is 15.1 Å².